The number of benzene rings is 3. The lowest BCUT2D eigenvalue weighted by Gasteiger charge is -2.24. The van der Waals surface area contributed by atoms with Gasteiger partial charge in [0, 0.05) is 6.54 Å². The molecule has 0 saturated carbocycles. The molecule has 8 heteroatoms. The molecule has 0 aliphatic rings. The fraction of sp³-hybridized carbons (Fsp3) is 0.240. The second kappa shape index (κ2) is 11.0. The minimum atomic E-state index is -3.97. The second-order valence-electron chi connectivity index (χ2n) is 7.60. The first-order chi connectivity index (χ1) is 15.8. The number of ether oxygens (including phenoxy) is 1. The van der Waals surface area contributed by atoms with Gasteiger partial charge in [-0.3, -0.25) is 9.10 Å². The number of halogens is 1. The number of carbonyl (C=O) groups is 1. The van der Waals surface area contributed by atoms with E-state index in [4.69, 9.17) is 4.74 Å². The topological polar surface area (TPSA) is 75.7 Å². The molecule has 1 amide bonds. The SMILES string of the molecule is COc1ccc(N(CC(=O)NCCCc2ccc(F)cc2)S(=O)(=O)c2ccc(C)cc2)cc1. The Morgan fingerprint density at radius 3 is 2.21 bits per heavy atom. The lowest BCUT2D eigenvalue weighted by molar-refractivity contribution is -0.119. The van der Waals surface area contributed by atoms with E-state index in [-0.39, 0.29) is 17.3 Å². The number of rotatable bonds is 10. The van der Waals surface area contributed by atoms with Crippen LogP contribution in [0.3, 0.4) is 0 Å². The van der Waals surface area contributed by atoms with E-state index in [0.717, 1.165) is 15.4 Å². The number of carbonyl (C=O) groups excluding carboxylic acids is 1. The van der Waals surface area contributed by atoms with E-state index in [1.165, 1.54) is 31.4 Å². The number of aryl methyl sites for hydroxylation is 2. The van der Waals surface area contributed by atoms with Crippen LogP contribution in [0, 0.1) is 12.7 Å². The van der Waals surface area contributed by atoms with E-state index in [1.807, 2.05) is 6.92 Å². The summed E-state index contributed by atoms with van der Waals surface area (Å²) in [5, 5.41) is 2.78. The van der Waals surface area contributed by atoms with Crippen molar-refractivity contribution in [2.75, 3.05) is 24.5 Å². The lowest BCUT2D eigenvalue weighted by Crippen LogP contribution is -2.41. The Bertz CT molecular complexity index is 1160. The Hall–Kier alpha value is -3.39. The average molecular weight is 471 g/mol. The zero-order chi connectivity index (χ0) is 23.8. The molecule has 1 N–H and O–H groups in total. The van der Waals surface area contributed by atoms with Crippen LogP contribution in [0.15, 0.2) is 77.7 Å². The molecule has 6 nitrogen and oxygen atoms in total. The van der Waals surface area contributed by atoms with Crippen LogP contribution in [0.2, 0.25) is 0 Å². The molecule has 0 bridgehead atoms. The standard InChI is InChI=1S/C25H27FN2O4S/c1-19-5-15-24(16-6-19)33(30,31)28(22-11-13-23(32-2)14-12-22)18-25(29)27-17-3-4-20-7-9-21(26)10-8-20/h5-16H,3-4,17-18H2,1-2H3,(H,27,29). The van der Waals surface area contributed by atoms with Crippen LogP contribution in [0.5, 0.6) is 5.75 Å². The van der Waals surface area contributed by atoms with E-state index < -0.39 is 15.9 Å². The van der Waals surface area contributed by atoms with Gasteiger partial charge in [0.1, 0.15) is 18.1 Å². The molecule has 0 atom stereocenters. The number of nitrogens with zero attached hydrogens (tertiary/aromatic N) is 1. The first-order valence-corrected chi connectivity index (χ1v) is 12.0. The summed E-state index contributed by atoms with van der Waals surface area (Å²) in [6, 6.07) is 19.2. The molecule has 0 heterocycles. The molecular formula is C25H27FN2O4S. The van der Waals surface area contributed by atoms with Gasteiger partial charge in [0.25, 0.3) is 10.0 Å². The maximum Gasteiger partial charge on any atom is 0.264 e. The van der Waals surface area contributed by atoms with Crippen LogP contribution in [-0.2, 0) is 21.2 Å². The van der Waals surface area contributed by atoms with Gasteiger partial charge in [0.15, 0.2) is 0 Å². The van der Waals surface area contributed by atoms with Gasteiger partial charge < -0.3 is 10.1 Å². The van der Waals surface area contributed by atoms with E-state index in [1.54, 1.807) is 48.5 Å². The highest BCUT2D eigenvalue weighted by Gasteiger charge is 2.27. The highest BCUT2D eigenvalue weighted by Crippen LogP contribution is 2.26. The second-order valence-corrected chi connectivity index (χ2v) is 9.47. The van der Waals surface area contributed by atoms with Crippen LogP contribution in [-0.4, -0.2) is 34.5 Å². The predicted octanol–water partition coefficient (Wildman–Crippen LogP) is 4.09. The number of sulfonamides is 1. The molecule has 3 rings (SSSR count). The predicted molar refractivity (Wildman–Crippen MR) is 126 cm³/mol. The summed E-state index contributed by atoms with van der Waals surface area (Å²) < 4.78 is 46.0. The molecule has 0 aliphatic heterocycles. The monoisotopic (exact) mass is 470 g/mol. The molecular weight excluding hydrogens is 443 g/mol. The van der Waals surface area contributed by atoms with Crippen molar-refractivity contribution in [3.05, 3.63) is 89.7 Å². The van der Waals surface area contributed by atoms with Crippen molar-refractivity contribution in [2.45, 2.75) is 24.7 Å². The third-order valence-electron chi connectivity index (χ3n) is 5.13. The van der Waals surface area contributed by atoms with Gasteiger partial charge in [0.2, 0.25) is 5.91 Å². The van der Waals surface area contributed by atoms with Crippen molar-refractivity contribution in [1.29, 1.82) is 0 Å². The van der Waals surface area contributed by atoms with Crippen molar-refractivity contribution in [3.8, 4) is 5.75 Å². The van der Waals surface area contributed by atoms with Gasteiger partial charge in [-0.05, 0) is 73.9 Å². The molecule has 174 valence electrons. The minimum Gasteiger partial charge on any atom is -0.497 e. The van der Waals surface area contributed by atoms with Gasteiger partial charge in [-0.2, -0.15) is 0 Å². The number of methoxy groups -OCH3 is 1. The molecule has 0 spiro atoms. The first-order valence-electron chi connectivity index (χ1n) is 10.5. The molecule has 0 radical (unpaired) electrons. The van der Waals surface area contributed by atoms with E-state index in [9.17, 15) is 17.6 Å². The van der Waals surface area contributed by atoms with Gasteiger partial charge >= 0.3 is 0 Å². The molecule has 0 aliphatic carbocycles. The molecule has 0 unspecified atom stereocenters. The smallest absolute Gasteiger partial charge is 0.264 e. The number of hydrogen-bond acceptors (Lipinski definition) is 4. The lowest BCUT2D eigenvalue weighted by atomic mass is 10.1. The summed E-state index contributed by atoms with van der Waals surface area (Å²) >= 11 is 0. The van der Waals surface area contributed by atoms with Crippen molar-refractivity contribution in [2.24, 2.45) is 0 Å². The highest BCUT2D eigenvalue weighted by atomic mass is 32.2. The summed E-state index contributed by atoms with van der Waals surface area (Å²) in [6.07, 6.45) is 1.31. The number of hydrogen-bond donors (Lipinski definition) is 1. The highest BCUT2D eigenvalue weighted by molar-refractivity contribution is 7.92. The van der Waals surface area contributed by atoms with E-state index in [2.05, 4.69) is 5.32 Å². The molecule has 33 heavy (non-hydrogen) atoms. The number of amides is 1. The van der Waals surface area contributed by atoms with Gasteiger partial charge in [-0.1, -0.05) is 29.8 Å². The number of anilines is 1. The largest absolute Gasteiger partial charge is 0.497 e. The maximum absolute atomic E-state index is 13.4. The summed E-state index contributed by atoms with van der Waals surface area (Å²) in [7, 11) is -2.44. The Morgan fingerprint density at radius 1 is 0.970 bits per heavy atom. The molecule has 0 aromatic heterocycles. The van der Waals surface area contributed by atoms with Gasteiger partial charge in [-0.25, -0.2) is 12.8 Å². The average Bonchev–Trinajstić information content (AvgIpc) is 2.82. The van der Waals surface area contributed by atoms with Gasteiger partial charge in [0.05, 0.1) is 17.7 Å². The molecule has 0 saturated heterocycles. The zero-order valence-corrected chi connectivity index (χ0v) is 19.4. The Labute approximate surface area is 194 Å². The fourth-order valence-electron chi connectivity index (χ4n) is 3.26. The third kappa shape index (κ3) is 6.55. The van der Waals surface area contributed by atoms with E-state index in [0.29, 0.717) is 30.8 Å². The van der Waals surface area contributed by atoms with Crippen LogP contribution in [0.25, 0.3) is 0 Å². The molecule has 0 fully saturated rings. The van der Waals surface area contributed by atoms with Crippen molar-refractivity contribution in [3.63, 3.8) is 0 Å². The summed E-state index contributed by atoms with van der Waals surface area (Å²) in [5.74, 6) is -0.127. The minimum absolute atomic E-state index is 0.105. The third-order valence-corrected chi connectivity index (χ3v) is 6.92. The quantitative estimate of drug-likeness (QED) is 0.453. The fourth-order valence-corrected chi connectivity index (χ4v) is 4.68. The van der Waals surface area contributed by atoms with Gasteiger partial charge in [-0.15, -0.1) is 0 Å². The summed E-state index contributed by atoms with van der Waals surface area (Å²) in [4.78, 5) is 12.8. The normalized spacial score (nSPS) is 11.1. The molecule has 3 aromatic rings. The Kier molecular flexibility index (Phi) is 8.06. The van der Waals surface area contributed by atoms with Crippen molar-refractivity contribution >= 4 is 21.6 Å². The zero-order valence-electron chi connectivity index (χ0n) is 18.6. The van der Waals surface area contributed by atoms with Crippen molar-refractivity contribution < 1.29 is 22.3 Å². The Balaban J connectivity index is 1.71. The summed E-state index contributed by atoms with van der Waals surface area (Å²) in [6.45, 7) is 1.88. The number of nitrogens with one attached hydrogen (secondary N) is 1. The van der Waals surface area contributed by atoms with Crippen LogP contribution in [0.4, 0.5) is 10.1 Å². The van der Waals surface area contributed by atoms with Crippen LogP contribution >= 0.6 is 0 Å². The maximum atomic E-state index is 13.4. The van der Waals surface area contributed by atoms with Crippen LogP contribution in [0.1, 0.15) is 17.5 Å². The van der Waals surface area contributed by atoms with Crippen LogP contribution < -0.4 is 14.4 Å². The first kappa shape index (κ1) is 24.3. The summed E-state index contributed by atoms with van der Waals surface area (Å²) in [5.41, 5.74) is 2.26. The Morgan fingerprint density at radius 2 is 1.61 bits per heavy atom. The van der Waals surface area contributed by atoms with Crippen molar-refractivity contribution in [1.82, 2.24) is 5.32 Å². The molecule has 3 aromatic carbocycles. The van der Waals surface area contributed by atoms with E-state index >= 15 is 0 Å².